The lowest BCUT2D eigenvalue weighted by Gasteiger charge is -2.11. The monoisotopic (exact) mass is 245 g/mol. The number of methoxy groups -OCH3 is 1. The number of anilines is 1. The van der Waals surface area contributed by atoms with Crippen molar-refractivity contribution in [3.63, 3.8) is 0 Å². The number of nitrogens with two attached hydrogens (primary N) is 1. The number of ether oxygens (including phenoxy) is 1. The maximum absolute atomic E-state index is 12.9. The molecular formula is C15H16FNO. The Labute approximate surface area is 106 Å². The molecule has 2 N–H and O–H groups in total. The Bertz CT molecular complexity index is 523. The van der Waals surface area contributed by atoms with Crippen LogP contribution < -0.4 is 5.73 Å². The van der Waals surface area contributed by atoms with Crippen LogP contribution in [0.2, 0.25) is 0 Å². The molecule has 0 aliphatic rings. The van der Waals surface area contributed by atoms with E-state index in [0.29, 0.717) is 6.61 Å². The van der Waals surface area contributed by atoms with Gasteiger partial charge < -0.3 is 10.5 Å². The van der Waals surface area contributed by atoms with E-state index in [0.717, 1.165) is 28.8 Å². The Balaban J connectivity index is 2.36. The van der Waals surface area contributed by atoms with Gasteiger partial charge >= 0.3 is 0 Å². The lowest BCUT2D eigenvalue weighted by atomic mass is 9.99. The van der Waals surface area contributed by atoms with Gasteiger partial charge in [-0.1, -0.05) is 30.3 Å². The molecule has 2 rings (SSSR count). The molecule has 0 spiro atoms. The molecule has 0 radical (unpaired) electrons. The van der Waals surface area contributed by atoms with Gasteiger partial charge in [0.05, 0.1) is 6.61 Å². The van der Waals surface area contributed by atoms with Gasteiger partial charge in [-0.15, -0.1) is 0 Å². The van der Waals surface area contributed by atoms with Crippen molar-refractivity contribution in [1.82, 2.24) is 0 Å². The summed E-state index contributed by atoms with van der Waals surface area (Å²) in [6.07, 6.45) is 0.775. The molecule has 94 valence electrons. The van der Waals surface area contributed by atoms with E-state index in [9.17, 15) is 4.39 Å². The number of halogens is 1. The largest absolute Gasteiger partial charge is 0.398 e. The van der Waals surface area contributed by atoms with Gasteiger partial charge in [0.15, 0.2) is 0 Å². The first kappa shape index (κ1) is 12.6. The van der Waals surface area contributed by atoms with Crippen LogP contribution in [0, 0.1) is 5.82 Å². The van der Waals surface area contributed by atoms with E-state index in [1.165, 1.54) is 12.1 Å². The fraction of sp³-hybridized carbons (Fsp3) is 0.200. The second-order valence-electron chi connectivity index (χ2n) is 4.13. The van der Waals surface area contributed by atoms with E-state index in [1.54, 1.807) is 19.2 Å². The van der Waals surface area contributed by atoms with Crippen LogP contribution in [0.15, 0.2) is 42.5 Å². The summed E-state index contributed by atoms with van der Waals surface area (Å²) in [4.78, 5) is 0. The first-order valence-electron chi connectivity index (χ1n) is 5.84. The minimum absolute atomic E-state index is 0.243. The second-order valence-corrected chi connectivity index (χ2v) is 4.13. The first-order valence-corrected chi connectivity index (χ1v) is 5.84. The Morgan fingerprint density at radius 1 is 1.11 bits per heavy atom. The van der Waals surface area contributed by atoms with E-state index >= 15 is 0 Å². The molecule has 3 heteroatoms. The van der Waals surface area contributed by atoms with Crippen molar-refractivity contribution in [2.75, 3.05) is 19.5 Å². The summed E-state index contributed by atoms with van der Waals surface area (Å²) in [7, 11) is 1.67. The SMILES string of the molecule is COCCc1cccc(-c2ccc(F)cc2)c1N. The van der Waals surface area contributed by atoms with E-state index in [-0.39, 0.29) is 5.82 Å². The van der Waals surface area contributed by atoms with Gasteiger partial charge in [0.2, 0.25) is 0 Å². The van der Waals surface area contributed by atoms with E-state index in [2.05, 4.69) is 0 Å². The summed E-state index contributed by atoms with van der Waals surface area (Å²) in [5.41, 5.74) is 9.79. The normalized spacial score (nSPS) is 10.6. The Morgan fingerprint density at radius 3 is 2.50 bits per heavy atom. The number of nitrogen functional groups attached to an aromatic ring is 1. The number of para-hydroxylation sites is 1. The lowest BCUT2D eigenvalue weighted by molar-refractivity contribution is 0.202. The van der Waals surface area contributed by atoms with Crippen molar-refractivity contribution in [3.05, 3.63) is 53.8 Å². The van der Waals surface area contributed by atoms with E-state index in [1.807, 2.05) is 18.2 Å². The minimum atomic E-state index is -0.243. The van der Waals surface area contributed by atoms with Crippen molar-refractivity contribution in [2.45, 2.75) is 6.42 Å². The van der Waals surface area contributed by atoms with Gasteiger partial charge in [-0.3, -0.25) is 0 Å². The van der Waals surface area contributed by atoms with Crippen LogP contribution in [0.4, 0.5) is 10.1 Å². The zero-order valence-electron chi connectivity index (χ0n) is 10.3. The quantitative estimate of drug-likeness (QED) is 0.839. The van der Waals surface area contributed by atoms with Crippen molar-refractivity contribution in [2.24, 2.45) is 0 Å². The van der Waals surface area contributed by atoms with Crippen molar-refractivity contribution in [3.8, 4) is 11.1 Å². The van der Waals surface area contributed by atoms with Crippen molar-refractivity contribution >= 4 is 5.69 Å². The standard InChI is InChI=1S/C15H16FNO/c1-18-10-9-12-3-2-4-14(15(12)17)11-5-7-13(16)8-6-11/h2-8H,9-10,17H2,1H3. The molecule has 18 heavy (non-hydrogen) atoms. The third-order valence-corrected chi connectivity index (χ3v) is 2.93. The highest BCUT2D eigenvalue weighted by molar-refractivity contribution is 5.78. The smallest absolute Gasteiger partial charge is 0.123 e. The summed E-state index contributed by atoms with van der Waals surface area (Å²) in [6.45, 7) is 0.636. The predicted molar refractivity (Wildman–Crippen MR) is 71.8 cm³/mol. The third kappa shape index (κ3) is 2.68. The van der Waals surface area contributed by atoms with Crippen LogP contribution >= 0.6 is 0 Å². The average Bonchev–Trinajstić information content (AvgIpc) is 2.39. The lowest BCUT2D eigenvalue weighted by Crippen LogP contribution is -2.01. The summed E-state index contributed by atoms with van der Waals surface area (Å²) in [5, 5.41) is 0. The number of hydrogen-bond donors (Lipinski definition) is 1. The molecular weight excluding hydrogens is 229 g/mol. The molecule has 0 fully saturated rings. The van der Waals surface area contributed by atoms with Gasteiger partial charge in [0.1, 0.15) is 5.82 Å². The van der Waals surface area contributed by atoms with Crippen LogP contribution in [0.25, 0.3) is 11.1 Å². The molecule has 0 atom stereocenters. The molecule has 2 aromatic rings. The Morgan fingerprint density at radius 2 is 1.83 bits per heavy atom. The highest BCUT2D eigenvalue weighted by atomic mass is 19.1. The molecule has 0 heterocycles. The highest BCUT2D eigenvalue weighted by Gasteiger charge is 2.06. The van der Waals surface area contributed by atoms with Crippen LogP contribution in [-0.4, -0.2) is 13.7 Å². The maximum Gasteiger partial charge on any atom is 0.123 e. The predicted octanol–water partition coefficient (Wildman–Crippen LogP) is 3.26. The number of hydrogen-bond acceptors (Lipinski definition) is 2. The first-order chi connectivity index (χ1) is 8.72. The fourth-order valence-corrected chi connectivity index (χ4v) is 1.92. The molecule has 0 aromatic heterocycles. The average molecular weight is 245 g/mol. The zero-order chi connectivity index (χ0) is 13.0. The Hall–Kier alpha value is -1.87. The molecule has 0 saturated heterocycles. The molecule has 0 aliphatic heterocycles. The Kier molecular flexibility index (Phi) is 3.95. The second kappa shape index (κ2) is 5.65. The molecule has 0 amide bonds. The van der Waals surface area contributed by atoms with Crippen LogP contribution in [0.1, 0.15) is 5.56 Å². The van der Waals surface area contributed by atoms with E-state index < -0.39 is 0 Å². The molecule has 0 aliphatic carbocycles. The highest BCUT2D eigenvalue weighted by Crippen LogP contribution is 2.28. The van der Waals surface area contributed by atoms with Gasteiger partial charge in [-0.2, -0.15) is 0 Å². The van der Waals surface area contributed by atoms with Gasteiger partial charge in [0.25, 0.3) is 0 Å². The summed E-state index contributed by atoms with van der Waals surface area (Å²) in [6, 6.07) is 12.2. The van der Waals surface area contributed by atoms with Crippen molar-refractivity contribution < 1.29 is 9.13 Å². The minimum Gasteiger partial charge on any atom is -0.398 e. The fourth-order valence-electron chi connectivity index (χ4n) is 1.92. The summed E-state index contributed by atoms with van der Waals surface area (Å²) >= 11 is 0. The van der Waals surface area contributed by atoms with Crippen LogP contribution in [0.3, 0.4) is 0 Å². The summed E-state index contributed by atoms with van der Waals surface area (Å²) < 4.78 is 18.0. The van der Waals surface area contributed by atoms with Crippen LogP contribution in [-0.2, 0) is 11.2 Å². The maximum atomic E-state index is 12.9. The number of rotatable bonds is 4. The van der Waals surface area contributed by atoms with Gasteiger partial charge in [0, 0.05) is 18.4 Å². The molecule has 2 nitrogen and oxygen atoms in total. The molecule has 0 saturated carbocycles. The topological polar surface area (TPSA) is 35.2 Å². The third-order valence-electron chi connectivity index (χ3n) is 2.93. The van der Waals surface area contributed by atoms with Crippen molar-refractivity contribution in [1.29, 1.82) is 0 Å². The van der Waals surface area contributed by atoms with Gasteiger partial charge in [-0.25, -0.2) is 4.39 Å². The molecule has 2 aromatic carbocycles. The zero-order valence-corrected chi connectivity index (χ0v) is 10.3. The molecule has 0 unspecified atom stereocenters. The molecule has 0 bridgehead atoms. The van der Waals surface area contributed by atoms with Crippen LogP contribution in [0.5, 0.6) is 0 Å². The summed E-state index contributed by atoms with van der Waals surface area (Å²) in [5.74, 6) is -0.243. The van der Waals surface area contributed by atoms with E-state index in [4.69, 9.17) is 10.5 Å². The number of benzene rings is 2. The van der Waals surface area contributed by atoms with Gasteiger partial charge in [-0.05, 0) is 29.7 Å².